The summed E-state index contributed by atoms with van der Waals surface area (Å²) in [5.41, 5.74) is 1.23. The Hall–Kier alpha value is -2.52. The third kappa shape index (κ3) is 4.31. The number of nitro groups is 1. The Morgan fingerprint density at radius 1 is 1.07 bits per heavy atom. The number of nitro benzene ring substituents is 1. The lowest BCUT2D eigenvalue weighted by molar-refractivity contribution is -0.384. The van der Waals surface area contributed by atoms with Gasteiger partial charge in [0.05, 0.1) is 9.82 Å². The van der Waals surface area contributed by atoms with Crippen molar-refractivity contribution in [3.8, 4) is 0 Å². The molecule has 0 unspecified atom stereocenters. The number of hydrogen-bond donors (Lipinski definition) is 0. The first-order valence-electron chi connectivity index (χ1n) is 8.90. The molecule has 0 bridgehead atoms. The summed E-state index contributed by atoms with van der Waals surface area (Å²) < 4.78 is 36.5. The van der Waals surface area contributed by atoms with Gasteiger partial charge in [0.25, 0.3) is 5.69 Å². The molecule has 7 nitrogen and oxygen atoms in total. The first kappa shape index (κ1) is 20.2. The molecule has 0 radical (unpaired) electrons. The van der Waals surface area contributed by atoms with E-state index in [-0.39, 0.29) is 22.4 Å². The van der Waals surface area contributed by atoms with Crippen molar-refractivity contribution in [2.45, 2.75) is 17.9 Å². The number of piperazine rings is 1. The van der Waals surface area contributed by atoms with Crippen LogP contribution >= 0.6 is 0 Å². The average molecular weight is 407 g/mol. The fourth-order valence-electron chi connectivity index (χ4n) is 3.45. The summed E-state index contributed by atoms with van der Waals surface area (Å²) in [5.74, 6) is -0.273. The average Bonchev–Trinajstić information content (AvgIpc) is 2.67. The van der Waals surface area contributed by atoms with Crippen molar-refractivity contribution in [3.05, 3.63) is 64.0 Å². The second-order valence-corrected chi connectivity index (χ2v) is 8.95. The van der Waals surface area contributed by atoms with Crippen LogP contribution in [-0.4, -0.2) is 50.7 Å². The Kier molecular flexibility index (Phi) is 5.66. The SMILES string of the molecule is C[C@H](c1ccc(F)cc1)N1CCN(c2ccc(S(C)(=O)=O)cc2[N+](=O)[O-])CC1. The second-order valence-electron chi connectivity index (χ2n) is 6.93. The van der Waals surface area contributed by atoms with Gasteiger partial charge in [-0.05, 0) is 36.8 Å². The molecule has 1 heterocycles. The summed E-state index contributed by atoms with van der Waals surface area (Å²) in [6.07, 6.45) is 1.03. The summed E-state index contributed by atoms with van der Waals surface area (Å²) in [5, 5.41) is 11.5. The highest BCUT2D eigenvalue weighted by Gasteiger charge is 2.27. The maximum Gasteiger partial charge on any atom is 0.293 e. The summed E-state index contributed by atoms with van der Waals surface area (Å²) in [6.45, 7) is 4.56. The van der Waals surface area contributed by atoms with E-state index < -0.39 is 14.8 Å². The Morgan fingerprint density at radius 2 is 1.68 bits per heavy atom. The number of hydrogen-bond acceptors (Lipinski definition) is 6. The molecule has 0 spiro atoms. The van der Waals surface area contributed by atoms with Gasteiger partial charge in [-0.15, -0.1) is 0 Å². The van der Waals surface area contributed by atoms with Crippen LogP contribution in [0.4, 0.5) is 15.8 Å². The van der Waals surface area contributed by atoms with Gasteiger partial charge in [-0.2, -0.15) is 0 Å². The molecule has 1 aliphatic rings. The molecule has 1 saturated heterocycles. The predicted molar refractivity (Wildman–Crippen MR) is 105 cm³/mol. The highest BCUT2D eigenvalue weighted by Crippen LogP contribution is 2.32. The quantitative estimate of drug-likeness (QED) is 0.560. The Balaban J connectivity index is 1.76. The smallest absolute Gasteiger partial charge is 0.293 e. The molecule has 2 aromatic rings. The molecule has 150 valence electrons. The first-order chi connectivity index (χ1) is 13.2. The summed E-state index contributed by atoms with van der Waals surface area (Å²) >= 11 is 0. The van der Waals surface area contributed by atoms with Crippen LogP contribution < -0.4 is 4.90 Å². The van der Waals surface area contributed by atoms with E-state index in [0.29, 0.717) is 31.9 Å². The van der Waals surface area contributed by atoms with Gasteiger partial charge in [-0.3, -0.25) is 15.0 Å². The minimum Gasteiger partial charge on any atom is -0.363 e. The Morgan fingerprint density at radius 3 is 2.21 bits per heavy atom. The molecule has 1 atom stereocenters. The van der Waals surface area contributed by atoms with E-state index in [9.17, 15) is 22.9 Å². The number of nitrogens with zero attached hydrogens (tertiary/aromatic N) is 3. The Labute approximate surface area is 163 Å². The van der Waals surface area contributed by atoms with Crippen LogP contribution in [0.1, 0.15) is 18.5 Å². The van der Waals surface area contributed by atoms with Crippen LogP contribution in [0.2, 0.25) is 0 Å². The van der Waals surface area contributed by atoms with E-state index in [0.717, 1.165) is 17.9 Å². The number of sulfone groups is 1. The third-order valence-electron chi connectivity index (χ3n) is 5.13. The van der Waals surface area contributed by atoms with Gasteiger partial charge >= 0.3 is 0 Å². The minimum absolute atomic E-state index is 0.0634. The standard InChI is InChI=1S/C19H22FN3O4S/c1-14(15-3-5-16(20)6-4-15)21-9-11-22(12-10-21)18-8-7-17(28(2,26)27)13-19(18)23(24)25/h3-8,13-14H,9-12H2,1-2H3/t14-/m1/s1. The lowest BCUT2D eigenvalue weighted by Crippen LogP contribution is -2.47. The molecule has 3 rings (SSSR count). The van der Waals surface area contributed by atoms with E-state index in [2.05, 4.69) is 4.90 Å². The van der Waals surface area contributed by atoms with E-state index in [1.165, 1.54) is 24.3 Å². The fourth-order valence-corrected chi connectivity index (χ4v) is 4.09. The molecule has 2 aromatic carbocycles. The van der Waals surface area contributed by atoms with Gasteiger partial charge in [-0.1, -0.05) is 12.1 Å². The molecule has 0 aliphatic carbocycles. The van der Waals surface area contributed by atoms with E-state index in [1.807, 2.05) is 11.8 Å². The van der Waals surface area contributed by atoms with Crippen molar-refractivity contribution in [3.63, 3.8) is 0 Å². The van der Waals surface area contributed by atoms with Crippen LogP contribution in [0.3, 0.4) is 0 Å². The number of anilines is 1. The molecule has 28 heavy (non-hydrogen) atoms. The predicted octanol–water partition coefficient (Wildman–Crippen LogP) is 3.02. The lowest BCUT2D eigenvalue weighted by atomic mass is 10.1. The maximum absolute atomic E-state index is 13.1. The second kappa shape index (κ2) is 7.84. The van der Waals surface area contributed by atoms with E-state index in [1.54, 1.807) is 12.1 Å². The zero-order valence-electron chi connectivity index (χ0n) is 15.7. The fraction of sp³-hybridized carbons (Fsp3) is 0.368. The summed E-state index contributed by atoms with van der Waals surface area (Å²) in [6, 6.07) is 10.5. The largest absolute Gasteiger partial charge is 0.363 e. The molecule has 0 N–H and O–H groups in total. The summed E-state index contributed by atoms with van der Waals surface area (Å²) in [7, 11) is -3.52. The number of halogens is 1. The lowest BCUT2D eigenvalue weighted by Gasteiger charge is -2.39. The zero-order valence-corrected chi connectivity index (χ0v) is 16.5. The van der Waals surface area contributed by atoms with Crippen LogP contribution in [0.5, 0.6) is 0 Å². The molecule has 1 fully saturated rings. The van der Waals surface area contributed by atoms with Crippen molar-refractivity contribution >= 4 is 21.2 Å². The highest BCUT2D eigenvalue weighted by molar-refractivity contribution is 7.90. The molecule has 0 aromatic heterocycles. The number of benzene rings is 2. The van der Waals surface area contributed by atoms with Gasteiger partial charge in [0, 0.05) is 44.5 Å². The molecule has 0 amide bonds. The van der Waals surface area contributed by atoms with Crippen LogP contribution in [-0.2, 0) is 9.84 Å². The Bertz CT molecular complexity index is 971. The third-order valence-corrected chi connectivity index (χ3v) is 6.24. The molecule has 9 heteroatoms. The maximum atomic E-state index is 13.1. The molecular formula is C19H22FN3O4S. The molecule has 1 aliphatic heterocycles. The van der Waals surface area contributed by atoms with Gasteiger partial charge in [0.1, 0.15) is 11.5 Å². The van der Waals surface area contributed by atoms with Crippen molar-refractivity contribution in [2.75, 3.05) is 37.3 Å². The molecular weight excluding hydrogens is 385 g/mol. The van der Waals surface area contributed by atoms with Gasteiger partial charge in [0.15, 0.2) is 9.84 Å². The van der Waals surface area contributed by atoms with Gasteiger partial charge in [-0.25, -0.2) is 12.8 Å². The van der Waals surface area contributed by atoms with Crippen molar-refractivity contribution < 1.29 is 17.7 Å². The molecule has 0 saturated carbocycles. The van der Waals surface area contributed by atoms with Crippen LogP contribution in [0.25, 0.3) is 0 Å². The summed E-state index contributed by atoms with van der Waals surface area (Å²) in [4.78, 5) is 15.0. The minimum atomic E-state index is -3.52. The van der Waals surface area contributed by atoms with Gasteiger partial charge in [0.2, 0.25) is 0 Å². The van der Waals surface area contributed by atoms with Crippen molar-refractivity contribution in [1.29, 1.82) is 0 Å². The topological polar surface area (TPSA) is 83.8 Å². The first-order valence-corrected chi connectivity index (χ1v) is 10.8. The van der Waals surface area contributed by atoms with E-state index >= 15 is 0 Å². The zero-order chi connectivity index (χ0) is 20.5. The van der Waals surface area contributed by atoms with Crippen LogP contribution in [0, 0.1) is 15.9 Å². The van der Waals surface area contributed by atoms with Gasteiger partial charge < -0.3 is 4.90 Å². The number of rotatable bonds is 5. The van der Waals surface area contributed by atoms with Crippen molar-refractivity contribution in [1.82, 2.24) is 4.90 Å². The monoisotopic (exact) mass is 407 g/mol. The van der Waals surface area contributed by atoms with E-state index in [4.69, 9.17) is 0 Å². The normalized spacial score (nSPS) is 16.8. The highest BCUT2D eigenvalue weighted by atomic mass is 32.2. The van der Waals surface area contributed by atoms with Crippen molar-refractivity contribution in [2.24, 2.45) is 0 Å². The van der Waals surface area contributed by atoms with Crippen LogP contribution in [0.15, 0.2) is 47.4 Å².